The van der Waals surface area contributed by atoms with E-state index in [9.17, 15) is 14.7 Å². The molecule has 0 saturated carbocycles. The van der Waals surface area contributed by atoms with E-state index in [-0.39, 0.29) is 23.7 Å². The Morgan fingerprint density at radius 1 is 1.36 bits per heavy atom. The topological polar surface area (TPSA) is 69.6 Å². The first-order chi connectivity index (χ1) is 12.0. The lowest BCUT2D eigenvalue weighted by Crippen LogP contribution is -2.50. The number of aryl methyl sites for hydroxylation is 1. The average molecular weight is 365 g/mol. The highest BCUT2D eigenvalue weighted by Crippen LogP contribution is 2.31. The van der Waals surface area contributed by atoms with Gasteiger partial charge in [0, 0.05) is 41.7 Å². The second-order valence-corrected chi connectivity index (χ2v) is 8.49. The van der Waals surface area contributed by atoms with Crippen LogP contribution in [0.2, 0.25) is 0 Å². The van der Waals surface area contributed by atoms with Crippen LogP contribution in [0.25, 0.3) is 0 Å². The van der Waals surface area contributed by atoms with Gasteiger partial charge in [-0.2, -0.15) is 0 Å². The second kappa shape index (κ2) is 7.87. The molecule has 0 unspecified atom stereocenters. The van der Waals surface area contributed by atoms with Gasteiger partial charge in [0.25, 0.3) is 5.91 Å². The Morgan fingerprint density at radius 2 is 2.12 bits per heavy atom. The smallest absolute Gasteiger partial charge is 0.255 e. The Labute approximate surface area is 153 Å². The number of nitrogens with one attached hydrogen (secondary N) is 1. The van der Waals surface area contributed by atoms with Crippen LogP contribution >= 0.6 is 11.3 Å². The van der Waals surface area contributed by atoms with E-state index in [1.807, 2.05) is 19.2 Å². The summed E-state index contributed by atoms with van der Waals surface area (Å²) in [5, 5.41) is 15.3. The van der Waals surface area contributed by atoms with Gasteiger partial charge in [-0.1, -0.05) is 13.8 Å². The van der Waals surface area contributed by atoms with Gasteiger partial charge in [0.2, 0.25) is 5.91 Å². The maximum absolute atomic E-state index is 12.9. The van der Waals surface area contributed by atoms with E-state index in [0.717, 1.165) is 31.2 Å². The number of thiophene rings is 1. The number of likely N-dealkylation sites (tertiary alicyclic amines) is 1. The van der Waals surface area contributed by atoms with E-state index < -0.39 is 6.10 Å². The molecule has 6 heteroatoms. The molecule has 2 heterocycles. The summed E-state index contributed by atoms with van der Waals surface area (Å²) in [5.41, 5.74) is 2.08. The highest BCUT2D eigenvalue weighted by atomic mass is 32.1. The normalized spacial score (nSPS) is 23.4. The quantitative estimate of drug-likeness (QED) is 0.861. The van der Waals surface area contributed by atoms with Crippen molar-refractivity contribution in [3.8, 4) is 0 Å². The third-order valence-electron chi connectivity index (χ3n) is 5.36. The second-order valence-electron chi connectivity index (χ2n) is 7.53. The number of aliphatic hydroxyl groups is 1. The number of carbonyl (C=O) groups is 2. The van der Waals surface area contributed by atoms with Crippen LogP contribution in [0, 0.1) is 11.8 Å². The van der Waals surface area contributed by atoms with E-state index in [1.54, 1.807) is 16.2 Å². The minimum atomic E-state index is -0.584. The molecule has 1 aliphatic heterocycles. The molecule has 0 bridgehead atoms. The molecule has 138 valence electrons. The van der Waals surface area contributed by atoms with Crippen molar-refractivity contribution in [2.45, 2.75) is 52.1 Å². The molecule has 1 aromatic rings. The van der Waals surface area contributed by atoms with Gasteiger partial charge >= 0.3 is 0 Å². The van der Waals surface area contributed by atoms with Crippen molar-refractivity contribution in [2.24, 2.45) is 11.8 Å². The number of nitrogens with zero attached hydrogens (tertiary/aromatic N) is 1. The summed E-state index contributed by atoms with van der Waals surface area (Å²) in [7, 11) is 0. The summed E-state index contributed by atoms with van der Waals surface area (Å²) < 4.78 is 0. The van der Waals surface area contributed by atoms with Crippen molar-refractivity contribution in [3.05, 3.63) is 21.4 Å². The van der Waals surface area contributed by atoms with Gasteiger partial charge < -0.3 is 15.3 Å². The van der Waals surface area contributed by atoms with Crippen LogP contribution in [-0.2, 0) is 17.6 Å². The first kappa shape index (κ1) is 18.4. The predicted molar refractivity (Wildman–Crippen MR) is 98.8 cm³/mol. The van der Waals surface area contributed by atoms with Crippen LogP contribution in [0.15, 0.2) is 5.38 Å². The van der Waals surface area contributed by atoms with Gasteiger partial charge in [0.05, 0.1) is 11.7 Å². The lowest BCUT2D eigenvalue weighted by atomic mass is 9.92. The molecule has 2 atom stereocenters. The molecule has 0 aromatic carbocycles. The van der Waals surface area contributed by atoms with Crippen molar-refractivity contribution in [1.82, 2.24) is 10.2 Å². The van der Waals surface area contributed by atoms with Gasteiger partial charge in [0.15, 0.2) is 0 Å². The standard InChI is InChI=1S/C19H28N2O3S/c1-12(2)18(23)20-9-13-7-8-21(10-16(13)22)19(24)15-11-25-17-6-4-3-5-14(15)17/h11-13,16,22H,3-10H2,1-2H3,(H,20,23)/t13-,16+/m1/s1. The number of hydrogen-bond donors (Lipinski definition) is 2. The van der Waals surface area contributed by atoms with Crippen molar-refractivity contribution < 1.29 is 14.7 Å². The molecule has 2 amide bonds. The molecule has 0 spiro atoms. The summed E-state index contributed by atoms with van der Waals surface area (Å²) in [6, 6.07) is 0. The first-order valence-corrected chi connectivity index (χ1v) is 10.2. The summed E-state index contributed by atoms with van der Waals surface area (Å²) >= 11 is 1.70. The maximum Gasteiger partial charge on any atom is 0.255 e. The molecule has 0 radical (unpaired) electrons. The SMILES string of the molecule is CC(C)C(=O)NC[C@H]1CCN(C(=O)c2csc3c2CCCC3)C[C@@H]1O. The van der Waals surface area contributed by atoms with Crippen molar-refractivity contribution in [2.75, 3.05) is 19.6 Å². The number of piperidine rings is 1. The number of hydrogen-bond acceptors (Lipinski definition) is 4. The van der Waals surface area contributed by atoms with Crippen molar-refractivity contribution in [1.29, 1.82) is 0 Å². The van der Waals surface area contributed by atoms with E-state index >= 15 is 0 Å². The number of amides is 2. The molecule has 3 rings (SSSR count). The highest BCUT2D eigenvalue weighted by Gasteiger charge is 2.32. The van der Waals surface area contributed by atoms with Crippen LogP contribution < -0.4 is 5.32 Å². The minimum absolute atomic E-state index is 0.00982. The van der Waals surface area contributed by atoms with E-state index in [4.69, 9.17) is 0 Å². The van der Waals surface area contributed by atoms with E-state index in [1.165, 1.54) is 16.9 Å². The molecular formula is C19H28N2O3S. The van der Waals surface area contributed by atoms with Crippen molar-refractivity contribution in [3.63, 3.8) is 0 Å². The monoisotopic (exact) mass is 364 g/mol. The summed E-state index contributed by atoms with van der Waals surface area (Å²) in [4.78, 5) is 27.7. The number of aliphatic hydroxyl groups excluding tert-OH is 1. The highest BCUT2D eigenvalue weighted by molar-refractivity contribution is 7.10. The minimum Gasteiger partial charge on any atom is -0.391 e. The zero-order valence-electron chi connectivity index (χ0n) is 15.1. The Kier molecular flexibility index (Phi) is 5.79. The molecule has 5 nitrogen and oxygen atoms in total. The van der Waals surface area contributed by atoms with Crippen LogP contribution in [0.3, 0.4) is 0 Å². The van der Waals surface area contributed by atoms with Gasteiger partial charge in [-0.25, -0.2) is 0 Å². The first-order valence-electron chi connectivity index (χ1n) is 9.31. The van der Waals surface area contributed by atoms with Crippen LogP contribution in [0.4, 0.5) is 0 Å². The Balaban J connectivity index is 1.58. The molecule has 1 saturated heterocycles. The number of rotatable bonds is 4. The van der Waals surface area contributed by atoms with Crippen molar-refractivity contribution >= 4 is 23.2 Å². The Morgan fingerprint density at radius 3 is 2.84 bits per heavy atom. The number of carbonyl (C=O) groups excluding carboxylic acids is 2. The van der Waals surface area contributed by atoms with E-state index in [2.05, 4.69) is 5.32 Å². The fourth-order valence-electron chi connectivity index (χ4n) is 3.68. The fourth-order valence-corrected chi connectivity index (χ4v) is 4.80. The number of β-amino-alcohol motifs (C(OH)–C–C–N with tert-alkyl or cyclic N) is 1. The average Bonchev–Trinajstić information content (AvgIpc) is 3.03. The summed E-state index contributed by atoms with van der Waals surface area (Å²) in [6.45, 7) is 5.19. The molecule has 1 aliphatic carbocycles. The number of fused-ring (bicyclic) bond motifs is 1. The summed E-state index contributed by atoms with van der Waals surface area (Å²) in [5.74, 6) is 0.0328. The van der Waals surface area contributed by atoms with E-state index in [0.29, 0.717) is 19.6 Å². The van der Waals surface area contributed by atoms with Gasteiger partial charge in [-0.3, -0.25) is 9.59 Å². The zero-order valence-corrected chi connectivity index (χ0v) is 15.9. The fraction of sp³-hybridized carbons (Fsp3) is 0.684. The van der Waals surface area contributed by atoms with Gasteiger partial charge in [-0.05, 0) is 37.7 Å². The lowest BCUT2D eigenvalue weighted by Gasteiger charge is -2.36. The maximum atomic E-state index is 12.9. The largest absolute Gasteiger partial charge is 0.391 e. The summed E-state index contributed by atoms with van der Waals surface area (Å²) in [6.07, 6.45) is 4.60. The molecule has 1 fully saturated rings. The van der Waals surface area contributed by atoms with Crippen LogP contribution in [0.1, 0.15) is 53.9 Å². The lowest BCUT2D eigenvalue weighted by molar-refractivity contribution is -0.124. The zero-order chi connectivity index (χ0) is 18.0. The molecular weight excluding hydrogens is 336 g/mol. The Bertz CT molecular complexity index is 641. The van der Waals surface area contributed by atoms with Gasteiger partial charge in [-0.15, -0.1) is 11.3 Å². The molecule has 1 aromatic heterocycles. The molecule has 2 aliphatic rings. The third-order valence-corrected chi connectivity index (χ3v) is 6.45. The Hall–Kier alpha value is -1.40. The van der Waals surface area contributed by atoms with Gasteiger partial charge in [0.1, 0.15) is 0 Å². The third kappa shape index (κ3) is 4.06. The van der Waals surface area contributed by atoms with Crippen LogP contribution in [-0.4, -0.2) is 47.6 Å². The van der Waals surface area contributed by atoms with Crippen LogP contribution in [0.5, 0.6) is 0 Å². The molecule has 2 N–H and O–H groups in total. The molecule has 25 heavy (non-hydrogen) atoms. The predicted octanol–water partition coefficient (Wildman–Crippen LogP) is 2.22.